The summed E-state index contributed by atoms with van der Waals surface area (Å²) in [5.74, 6) is -1.38. The van der Waals surface area contributed by atoms with Gasteiger partial charge in [-0.3, -0.25) is 4.79 Å². The van der Waals surface area contributed by atoms with Gasteiger partial charge in [0.1, 0.15) is 12.8 Å². The number of carbonyl (C=O) groups is 1. The van der Waals surface area contributed by atoms with Gasteiger partial charge >= 0.3 is 6.43 Å². The minimum absolute atomic E-state index is 0.250. The second-order valence-electron chi connectivity index (χ2n) is 4.38. The molecule has 0 radical (unpaired) electrons. The van der Waals surface area contributed by atoms with Gasteiger partial charge in [0.15, 0.2) is 0 Å². The summed E-state index contributed by atoms with van der Waals surface area (Å²) in [6.07, 6.45) is -3.59. The van der Waals surface area contributed by atoms with Gasteiger partial charge in [0.2, 0.25) is 12.3 Å². The van der Waals surface area contributed by atoms with E-state index in [0.717, 1.165) is 6.39 Å². The molecule has 0 bridgehead atoms. The van der Waals surface area contributed by atoms with Crippen molar-refractivity contribution in [3.05, 3.63) is 36.2 Å². The van der Waals surface area contributed by atoms with E-state index in [2.05, 4.69) is 10.2 Å². The molecule has 9 heteroatoms. The van der Waals surface area contributed by atoms with Crippen LogP contribution in [0.15, 0.2) is 35.1 Å². The maximum absolute atomic E-state index is 12.9. The molecule has 0 saturated carbocycles. The van der Waals surface area contributed by atoms with Crippen LogP contribution in [0.1, 0.15) is 11.7 Å². The highest BCUT2D eigenvalue weighted by Gasteiger charge is 2.26. The summed E-state index contributed by atoms with van der Waals surface area (Å²) in [6.45, 7) is -1.19. The van der Waals surface area contributed by atoms with Crippen molar-refractivity contribution in [3.8, 4) is 11.5 Å². The topological polar surface area (TPSA) is 88.2 Å². The van der Waals surface area contributed by atoms with Crippen LogP contribution in [0.2, 0.25) is 0 Å². The zero-order chi connectivity index (χ0) is 16.1. The van der Waals surface area contributed by atoms with Crippen molar-refractivity contribution in [2.24, 2.45) is 0 Å². The van der Waals surface area contributed by atoms with E-state index in [-0.39, 0.29) is 11.5 Å². The van der Waals surface area contributed by atoms with Gasteiger partial charge in [0.05, 0.1) is 6.04 Å². The fourth-order valence-electron chi connectivity index (χ4n) is 1.80. The van der Waals surface area contributed by atoms with Crippen LogP contribution in [-0.4, -0.2) is 40.4 Å². The molecule has 2 unspecified atom stereocenters. The van der Waals surface area contributed by atoms with E-state index < -0.39 is 31.2 Å². The van der Waals surface area contributed by atoms with Crippen LogP contribution in [0.5, 0.6) is 0 Å². The summed E-state index contributed by atoms with van der Waals surface area (Å²) < 4.78 is 42.2. The Balaban J connectivity index is 2.10. The first-order valence-electron chi connectivity index (χ1n) is 6.22. The van der Waals surface area contributed by atoms with E-state index in [1.807, 2.05) is 0 Å². The van der Waals surface area contributed by atoms with E-state index in [9.17, 15) is 23.1 Å². The third-order valence-corrected chi connectivity index (χ3v) is 2.93. The van der Waals surface area contributed by atoms with Crippen molar-refractivity contribution in [1.29, 1.82) is 0 Å². The number of hydrogen-bond donors (Lipinski definition) is 2. The fraction of sp³-hybridized carbons (Fsp3) is 0.308. The predicted molar refractivity (Wildman–Crippen MR) is 68.6 cm³/mol. The molecule has 0 aliphatic heterocycles. The maximum atomic E-state index is 12.9. The minimum Gasteiger partial charge on any atom is -0.423 e. The molecule has 1 amide bonds. The summed E-state index contributed by atoms with van der Waals surface area (Å²) in [7, 11) is 0. The number of aliphatic hydroxyl groups is 1. The third kappa shape index (κ3) is 3.61. The molecule has 2 atom stereocenters. The number of carbonyl (C=O) groups excluding carboxylic acids is 1. The number of nitrogens with one attached hydrogen (secondary N) is 1. The Morgan fingerprint density at radius 3 is 2.50 bits per heavy atom. The van der Waals surface area contributed by atoms with E-state index in [1.165, 1.54) is 24.3 Å². The van der Waals surface area contributed by atoms with Crippen LogP contribution in [0.3, 0.4) is 0 Å². The zero-order valence-electron chi connectivity index (χ0n) is 11.1. The quantitative estimate of drug-likeness (QED) is 0.843. The van der Waals surface area contributed by atoms with Crippen LogP contribution in [0.4, 0.5) is 13.2 Å². The minimum atomic E-state index is -3.28. The number of aromatic nitrogens is 2. The number of benzene rings is 1. The Labute approximate surface area is 123 Å². The van der Waals surface area contributed by atoms with Gasteiger partial charge in [-0.2, -0.15) is 8.78 Å². The summed E-state index contributed by atoms with van der Waals surface area (Å²) in [5.41, 5.74) is 0.822. The fourth-order valence-corrected chi connectivity index (χ4v) is 1.80. The highest BCUT2D eigenvalue weighted by atomic mass is 19.3. The number of alkyl halides is 3. The molecule has 2 rings (SSSR count). The number of aliphatic hydroxyl groups excluding tert-OH is 1. The second kappa shape index (κ2) is 7.03. The molecular formula is C13H12F3N3O3. The van der Waals surface area contributed by atoms with Gasteiger partial charge in [0.25, 0.3) is 5.91 Å². The maximum Gasteiger partial charge on any atom is 0.315 e. The number of rotatable bonds is 6. The molecule has 0 fully saturated rings. The number of amides is 1. The SMILES string of the molecule is O=C(NC(CF)C(O)c1ccc(-c2nnco2)cc1)C(F)F. The molecule has 1 aromatic carbocycles. The first kappa shape index (κ1) is 16.0. The molecule has 0 aliphatic rings. The monoisotopic (exact) mass is 315 g/mol. The van der Waals surface area contributed by atoms with Gasteiger partial charge in [-0.25, -0.2) is 4.39 Å². The Hall–Kier alpha value is -2.42. The van der Waals surface area contributed by atoms with Crippen LogP contribution in [-0.2, 0) is 4.79 Å². The number of nitrogens with zero attached hydrogens (tertiary/aromatic N) is 2. The first-order chi connectivity index (χ1) is 10.5. The molecule has 6 nitrogen and oxygen atoms in total. The summed E-state index contributed by atoms with van der Waals surface area (Å²) in [4.78, 5) is 10.9. The van der Waals surface area contributed by atoms with E-state index in [4.69, 9.17) is 4.42 Å². The Morgan fingerprint density at radius 2 is 2.00 bits per heavy atom. The van der Waals surface area contributed by atoms with Gasteiger partial charge in [-0.05, 0) is 17.7 Å². The van der Waals surface area contributed by atoms with Gasteiger partial charge in [-0.1, -0.05) is 12.1 Å². The average molecular weight is 315 g/mol. The normalized spacial score (nSPS) is 13.9. The number of hydrogen-bond acceptors (Lipinski definition) is 5. The van der Waals surface area contributed by atoms with Gasteiger partial charge in [-0.15, -0.1) is 10.2 Å². The lowest BCUT2D eigenvalue weighted by atomic mass is 10.0. The summed E-state index contributed by atoms with van der Waals surface area (Å²) in [5, 5.41) is 18.9. The molecule has 118 valence electrons. The molecular weight excluding hydrogens is 303 g/mol. The third-order valence-electron chi connectivity index (χ3n) is 2.93. The van der Waals surface area contributed by atoms with E-state index in [0.29, 0.717) is 5.56 Å². The van der Waals surface area contributed by atoms with Crippen molar-refractivity contribution >= 4 is 5.91 Å². The van der Waals surface area contributed by atoms with Crippen molar-refractivity contribution < 1.29 is 27.5 Å². The lowest BCUT2D eigenvalue weighted by Crippen LogP contribution is -2.43. The molecule has 0 spiro atoms. The summed E-state index contributed by atoms with van der Waals surface area (Å²) in [6, 6.07) is 4.51. The van der Waals surface area contributed by atoms with Crippen molar-refractivity contribution in [2.45, 2.75) is 18.6 Å². The smallest absolute Gasteiger partial charge is 0.315 e. The highest BCUT2D eigenvalue weighted by Crippen LogP contribution is 2.22. The van der Waals surface area contributed by atoms with Gasteiger partial charge in [0, 0.05) is 5.56 Å². The molecule has 0 saturated heterocycles. The highest BCUT2D eigenvalue weighted by molar-refractivity contribution is 5.79. The average Bonchev–Trinajstić information content (AvgIpc) is 3.06. The van der Waals surface area contributed by atoms with E-state index >= 15 is 0 Å². The molecule has 1 aromatic heterocycles. The van der Waals surface area contributed by atoms with E-state index in [1.54, 1.807) is 5.32 Å². The van der Waals surface area contributed by atoms with Gasteiger partial charge < -0.3 is 14.8 Å². The molecule has 0 aliphatic carbocycles. The van der Waals surface area contributed by atoms with Crippen molar-refractivity contribution in [3.63, 3.8) is 0 Å². The molecule has 22 heavy (non-hydrogen) atoms. The lowest BCUT2D eigenvalue weighted by Gasteiger charge is -2.21. The van der Waals surface area contributed by atoms with Crippen molar-refractivity contribution in [1.82, 2.24) is 15.5 Å². The van der Waals surface area contributed by atoms with Crippen LogP contribution >= 0.6 is 0 Å². The number of halogens is 3. The summed E-state index contributed by atoms with van der Waals surface area (Å²) >= 11 is 0. The Bertz CT molecular complexity index is 605. The predicted octanol–water partition coefficient (Wildman–Crippen LogP) is 1.49. The molecule has 2 aromatic rings. The van der Waals surface area contributed by atoms with Crippen LogP contribution in [0, 0.1) is 0 Å². The zero-order valence-corrected chi connectivity index (χ0v) is 11.1. The Morgan fingerprint density at radius 1 is 1.32 bits per heavy atom. The van der Waals surface area contributed by atoms with Crippen molar-refractivity contribution in [2.75, 3.05) is 6.67 Å². The second-order valence-corrected chi connectivity index (χ2v) is 4.38. The van der Waals surface area contributed by atoms with Crippen LogP contribution < -0.4 is 5.32 Å². The molecule has 1 heterocycles. The first-order valence-corrected chi connectivity index (χ1v) is 6.22. The largest absolute Gasteiger partial charge is 0.423 e. The van der Waals surface area contributed by atoms with Crippen LogP contribution in [0.25, 0.3) is 11.5 Å². The lowest BCUT2D eigenvalue weighted by molar-refractivity contribution is -0.133. The standard InChI is InChI=1S/C13H12F3N3O3/c14-5-9(18-12(21)11(15)16)10(20)7-1-3-8(4-2-7)13-19-17-6-22-13/h1-4,6,9-11,20H,5H2,(H,18,21). The molecule has 2 N–H and O–H groups in total. The Kier molecular flexibility index (Phi) is 5.10.